The lowest BCUT2D eigenvalue weighted by molar-refractivity contribution is 0.0157. The first-order chi connectivity index (χ1) is 8.38. The van der Waals surface area contributed by atoms with Gasteiger partial charge in [-0.3, -0.25) is 0 Å². The monoisotopic (exact) mass is 231 g/mol. The van der Waals surface area contributed by atoms with Crippen molar-refractivity contribution in [3.05, 3.63) is 35.4 Å². The molecule has 1 aromatic carbocycles. The first-order valence-corrected chi connectivity index (χ1v) is 6.03. The van der Waals surface area contributed by atoms with E-state index in [0.717, 1.165) is 38.2 Å². The van der Waals surface area contributed by atoms with Crippen LogP contribution >= 0.6 is 0 Å². The third kappa shape index (κ3) is 3.85. The van der Waals surface area contributed by atoms with Crippen LogP contribution < -0.4 is 0 Å². The standard InChI is InChI=1S/C14H17NO2/c15-9-12-1-3-13(4-2-12)10-17-11-14-5-7-16-8-6-14/h1-4,14H,5-8,10-11H2. The summed E-state index contributed by atoms with van der Waals surface area (Å²) in [6.45, 7) is 3.17. The minimum absolute atomic E-state index is 0.628. The SMILES string of the molecule is N#Cc1ccc(COCC2CCOCC2)cc1. The predicted octanol–water partition coefficient (Wildman–Crippen LogP) is 2.50. The van der Waals surface area contributed by atoms with E-state index >= 15 is 0 Å². The van der Waals surface area contributed by atoms with Crippen LogP contribution in [0.25, 0.3) is 0 Å². The molecule has 0 radical (unpaired) electrons. The Morgan fingerprint density at radius 1 is 1.24 bits per heavy atom. The summed E-state index contributed by atoms with van der Waals surface area (Å²) in [6, 6.07) is 9.65. The van der Waals surface area contributed by atoms with E-state index in [1.807, 2.05) is 24.3 Å². The zero-order valence-corrected chi connectivity index (χ0v) is 9.89. The summed E-state index contributed by atoms with van der Waals surface area (Å²) in [5.41, 5.74) is 1.81. The molecule has 0 spiro atoms. The molecule has 0 atom stereocenters. The summed E-state index contributed by atoms with van der Waals surface area (Å²) in [7, 11) is 0. The number of ether oxygens (including phenoxy) is 2. The van der Waals surface area contributed by atoms with Gasteiger partial charge in [-0.15, -0.1) is 0 Å². The molecule has 1 aliphatic rings. The summed E-state index contributed by atoms with van der Waals surface area (Å²) in [5.74, 6) is 0.641. The van der Waals surface area contributed by atoms with Gasteiger partial charge in [0.2, 0.25) is 0 Å². The van der Waals surface area contributed by atoms with E-state index in [0.29, 0.717) is 18.1 Å². The third-order valence-corrected chi connectivity index (χ3v) is 3.05. The molecule has 0 unspecified atom stereocenters. The highest BCUT2D eigenvalue weighted by atomic mass is 16.5. The molecule has 1 aliphatic heterocycles. The molecule has 0 aromatic heterocycles. The van der Waals surface area contributed by atoms with Gasteiger partial charge in [0.25, 0.3) is 0 Å². The molecule has 3 heteroatoms. The van der Waals surface area contributed by atoms with Crippen LogP contribution in [0, 0.1) is 17.2 Å². The van der Waals surface area contributed by atoms with E-state index < -0.39 is 0 Å². The molecular weight excluding hydrogens is 214 g/mol. The molecule has 0 aliphatic carbocycles. The van der Waals surface area contributed by atoms with Crippen molar-refractivity contribution >= 4 is 0 Å². The minimum Gasteiger partial charge on any atom is -0.381 e. The van der Waals surface area contributed by atoms with E-state index in [9.17, 15) is 0 Å². The van der Waals surface area contributed by atoms with Crippen molar-refractivity contribution in [1.29, 1.82) is 5.26 Å². The highest BCUT2D eigenvalue weighted by molar-refractivity contribution is 5.31. The molecule has 0 saturated carbocycles. The first kappa shape index (κ1) is 12.1. The molecule has 0 amide bonds. The average Bonchev–Trinajstić information content (AvgIpc) is 2.41. The third-order valence-electron chi connectivity index (χ3n) is 3.05. The van der Waals surface area contributed by atoms with Crippen molar-refractivity contribution < 1.29 is 9.47 Å². The van der Waals surface area contributed by atoms with Gasteiger partial charge in [-0.1, -0.05) is 12.1 Å². The van der Waals surface area contributed by atoms with E-state index in [1.165, 1.54) is 0 Å². The van der Waals surface area contributed by atoms with Gasteiger partial charge in [0.05, 0.1) is 24.8 Å². The number of hydrogen-bond acceptors (Lipinski definition) is 3. The molecule has 0 N–H and O–H groups in total. The van der Waals surface area contributed by atoms with E-state index in [-0.39, 0.29) is 0 Å². The van der Waals surface area contributed by atoms with Gasteiger partial charge >= 0.3 is 0 Å². The Hall–Kier alpha value is -1.37. The van der Waals surface area contributed by atoms with Gasteiger partial charge in [0, 0.05) is 13.2 Å². The van der Waals surface area contributed by atoms with Crippen LogP contribution in [0.1, 0.15) is 24.0 Å². The zero-order chi connectivity index (χ0) is 11.9. The molecule has 1 saturated heterocycles. The summed E-state index contributed by atoms with van der Waals surface area (Å²) in [6.07, 6.45) is 2.21. The quantitative estimate of drug-likeness (QED) is 0.799. The Bertz CT molecular complexity index is 374. The number of nitriles is 1. The number of rotatable bonds is 4. The first-order valence-electron chi connectivity index (χ1n) is 6.03. The predicted molar refractivity (Wildman–Crippen MR) is 64.4 cm³/mol. The average molecular weight is 231 g/mol. The van der Waals surface area contributed by atoms with Crippen LogP contribution in [0.4, 0.5) is 0 Å². The maximum atomic E-state index is 8.68. The highest BCUT2D eigenvalue weighted by Crippen LogP contribution is 2.15. The maximum Gasteiger partial charge on any atom is 0.0991 e. The van der Waals surface area contributed by atoms with Gasteiger partial charge < -0.3 is 9.47 Å². The van der Waals surface area contributed by atoms with Crippen molar-refractivity contribution in [2.75, 3.05) is 19.8 Å². The minimum atomic E-state index is 0.628. The lowest BCUT2D eigenvalue weighted by atomic mass is 10.0. The number of hydrogen-bond donors (Lipinski definition) is 0. The molecule has 2 rings (SSSR count). The molecule has 0 bridgehead atoms. The Morgan fingerprint density at radius 2 is 1.94 bits per heavy atom. The van der Waals surface area contributed by atoms with Gasteiger partial charge in [-0.05, 0) is 36.5 Å². The Kier molecular flexibility index (Phi) is 4.54. The van der Waals surface area contributed by atoms with Crippen LogP contribution in [0.15, 0.2) is 24.3 Å². The fourth-order valence-electron chi connectivity index (χ4n) is 1.93. The second kappa shape index (κ2) is 6.39. The van der Waals surface area contributed by atoms with Crippen LogP contribution in [0.3, 0.4) is 0 Å². The zero-order valence-electron chi connectivity index (χ0n) is 9.89. The van der Waals surface area contributed by atoms with Gasteiger partial charge in [0.15, 0.2) is 0 Å². The largest absolute Gasteiger partial charge is 0.381 e. The second-order valence-corrected chi connectivity index (χ2v) is 4.38. The summed E-state index contributed by atoms with van der Waals surface area (Å²) in [5, 5.41) is 8.68. The van der Waals surface area contributed by atoms with E-state index in [1.54, 1.807) is 0 Å². The topological polar surface area (TPSA) is 42.2 Å². The Morgan fingerprint density at radius 3 is 2.59 bits per heavy atom. The lowest BCUT2D eigenvalue weighted by Gasteiger charge is -2.21. The normalized spacial score (nSPS) is 16.6. The van der Waals surface area contributed by atoms with Gasteiger partial charge in [-0.25, -0.2) is 0 Å². The fraction of sp³-hybridized carbons (Fsp3) is 0.500. The Balaban J connectivity index is 1.72. The molecular formula is C14H17NO2. The molecule has 3 nitrogen and oxygen atoms in total. The van der Waals surface area contributed by atoms with Crippen molar-refractivity contribution in [3.63, 3.8) is 0 Å². The summed E-state index contributed by atoms with van der Waals surface area (Å²) < 4.78 is 11.0. The highest BCUT2D eigenvalue weighted by Gasteiger charge is 2.13. The van der Waals surface area contributed by atoms with Crippen molar-refractivity contribution in [1.82, 2.24) is 0 Å². The van der Waals surface area contributed by atoms with Crippen LogP contribution in [0.5, 0.6) is 0 Å². The van der Waals surface area contributed by atoms with Crippen molar-refractivity contribution in [3.8, 4) is 6.07 Å². The smallest absolute Gasteiger partial charge is 0.0991 e. The number of benzene rings is 1. The van der Waals surface area contributed by atoms with E-state index in [2.05, 4.69) is 6.07 Å². The maximum absolute atomic E-state index is 8.68. The van der Waals surface area contributed by atoms with Gasteiger partial charge in [0.1, 0.15) is 0 Å². The van der Waals surface area contributed by atoms with Crippen LogP contribution in [-0.2, 0) is 16.1 Å². The van der Waals surface area contributed by atoms with Crippen LogP contribution in [0.2, 0.25) is 0 Å². The van der Waals surface area contributed by atoms with Crippen LogP contribution in [-0.4, -0.2) is 19.8 Å². The van der Waals surface area contributed by atoms with Gasteiger partial charge in [-0.2, -0.15) is 5.26 Å². The molecule has 1 fully saturated rings. The molecule has 1 heterocycles. The number of nitrogens with zero attached hydrogens (tertiary/aromatic N) is 1. The summed E-state index contributed by atoms with van der Waals surface area (Å²) in [4.78, 5) is 0. The fourth-order valence-corrected chi connectivity index (χ4v) is 1.93. The summed E-state index contributed by atoms with van der Waals surface area (Å²) >= 11 is 0. The molecule has 17 heavy (non-hydrogen) atoms. The molecule has 90 valence electrons. The second-order valence-electron chi connectivity index (χ2n) is 4.38. The van der Waals surface area contributed by atoms with E-state index in [4.69, 9.17) is 14.7 Å². The Labute approximate surface area is 102 Å². The lowest BCUT2D eigenvalue weighted by Crippen LogP contribution is -2.20. The van der Waals surface area contributed by atoms with Crippen molar-refractivity contribution in [2.45, 2.75) is 19.4 Å². The molecule has 1 aromatic rings. The van der Waals surface area contributed by atoms with Crippen molar-refractivity contribution in [2.24, 2.45) is 5.92 Å².